The Morgan fingerprint density at radius 1 is 1.00 bits per heavy atom. The van der Waals surface area contributed by atoms with Crippen LogP contribution in [0.15, 0.2) is 71.6 Å². The first kappa shape index (κ1) is 21.3. The van der Waals surface area contributed by atoms with E-state index in [0.29, 0.717) is 22.0 Å². The average molecular weight is 446 g/mol. The molecule has 0 saturated heterocycles. The van der Waals surface area contributed by atoms with Crippen molar-refractivity contribution >= 4 is 44.6 Å². The van der Waals surface area contributed by atoms with Crippen molar-refractivity contribution in [3.63, 3.8) is 0 Å². The van der Waals surface area contributed by atoms with Gasteiger partial charge >= 0.3 is 0 Å². The number of nitrogens with zero attached hydrogens (tertiary/aromatic N) is 1. The predicted octanol–water partition coefficient (Wildman–Crippen LogP) is 4.61. The summed E-state index contributed by atoms with van der Waals surface area (Å²) in [5, 5.41) is 13.7. The smallest absolute Gasteiger partial charge is 0.269 e. The van der Waals surface area contributed by atoms with E-state index in [0.717, 1.165) is 0 Å². The van der Waals surface area contributed by atoms with E-state index >= 15 is 0 Å². The third-order valence-corrected chi connectivity index (χ3v) is 6.07. The number of carbonyl (C=O) groups is 1. The molecule has 30 heavy (non-hydrogen) atoms. The van der Waals surface area contributed by atoms with Gasteiger partial charge in [0.25, 0.3) is 21.6 Å². The quantitative estimate of drug-likeness (QED) is 0.424. The first-order valence-electron chi connectivity index (χ1n) is 8.61. The zero-order valence-electron chi connectivity index (χ0n) is 15.6. The van der Waals surface area contributed by atoms with Crippen LogP contribution in [-0.2, 0) is 10.0 Å². The maximum absolute atomic E-state index is 12.6. The van der Waals surface area contributed by atoms with Gasteiger partial charge in [0.15, 0.2) is 0 Å². The minimum atomic E-state index is -3.85. The summed E-state index contributed by atoms with van der Waals surface area (Å²) in [5.41, 5.74) is 1.46. The second-order valence-electron chi connectivity index (χ2n) is 6.30. The number of sulfonamides is 1. The zero-order valence-corrected chi connectivity index (χ0v) is 17.2. The molecule has 0 aliphatic rings. The van der Waals surface area contributed by atoms with Crippen molar-refractivity contribution in [1.82, 2.24) is 0 Å². The summed E-state index contributed by atoms with van der Waals surface area (Å²) in [7, 11) is -3.85. The van der Waals surface area contributed by atoms with Crippen LogP contribution in [0.2, 0.25) is 5.02 Å². The van der Waals surface area contributed by atoms with Crippen molar-refractivity contribution in [2.45, 2.75) is 11.8 Å². The molecule has 0 spiro atoms. The molecule has 154 valence electrons. The Morgan fingerprint density at radius 3 is 2.23 bits per heavy atom. The van der Waals surface area contributed by atoms with Gasteiger partial charge in [-0.2, -0.15) is 0 Å². The fourth-order valence-electron chi connectivity index (χ4n) is 2.58. The molecule has 1 amide bonds. The largest absolute Gasteiger partial charge is 0.322 e. The van der Waals surface area contributed by atoms with Crippen molar-refractivity contribution in [2.75, 3.05) is 10.0 Å². The number of hydrogen-bond donors (Lipinski definition) is 2. The summed E-state index contributed by atoms with van der Waals surface area (Å²) in [6, 6.07) is 15.7. The van der Waals surface area contributed by atoms with Gasteiger partial charge in [0.2, 0.25) is 0 Å². The molecule has 3 rings (SSSR count). The van der Waals surface area contributed by atoms with Crippen molar-refractivity contribution in [1.29, 1.82) is 0 Å². The fourth-order valence-corrected chi connectivity index (χ4v) is 3.87. The highest BCUT2D eigenvalue weighted by atomic mass is 35.5. The average Bonchev–Trinajstić information content (AvgIpc) is 2.72. The number of amides is 1. The Labute approximate surface area is 177 Å². The van der Waals surface area contributed by atoms with Crippen LogP contribution in [0.3, 0.4) is 0 Å². The third-order valence-electron chi connectivity index (χ3n) is 4.27. The monoisotopic (exact) mass is 445 g/mol. The number of rotatable bonds is 6. The molecule has 2 N–H and O–H groups in total. The number of nitrogens with one attached hydrogen (secondary N) is 2. The lowest BCUT2D eigenvalue weighted by Gasteiger charge is -2.12. The molecule has 0 radical (unpaired) electrons. The Kier molecular flexibility index (Phi) is 6.04. The van der Waals surface area contributed by atoms with Crippen molar-refractivity contribution in [3.8, 4) is 0 Å². The van der Waals surface area contributed by atoms with Gasteiger partial charge in [-0.05, 0) is 61.0 Å². The van der Waals surface area contributed by atoms with Crippen LogP contribution in [-0.4, -0.2) is 19.2 Å². The summed E-state index contributed by atoms with van der Waals surface area (Å²) < 4.78 is 27.7. The van der Waals surface area contributed by atoms with Crippen LogP contribution < -0.4 is 10.0 Å². The van der Waals surface area contributed by atoms with Crippen molar-refractivity contribution < 1.29 is 18.1 Å². The van der Waals surface area contributed by atoms with Gasteiger partial charge in [0.1, 0.15) is 0 Å². The highest BCUT2D eigenvalue weighted by Gasteiger charge is 2.16. The molecular weight excluding hydrogens is 430 g/mol. The van der Waals surface area contributed by atoms with Gasteiger partial charge in [-0.1, -0.05) is 17.7 Å². The highest BCUT2D eigenvalue weighted by Crippen LogP contribution is 2.26. The van der Waals surface area contributed by atoms with Gasteiger partial charge in [-0.15, -0.1) is 0 Å². The summed E-state index contributed by atoms with van der Waals surface area (Å²) in [6.07, 6.45) is 0. The van der Waals surface area contributed by atoms with E-state index in [1.54, 1.807) is 25.1 Å². The molecule has 10 heteroatoms. The van der Waals surface area contributed by atoms with Gasteiger partial charge in [0, 0.05) is 28.4 Å². The minimum absolute atomic E-state index is 0.00945. The molecule has 0 atom stereocenters. The normalized spacial score (nSPS) is 11.0. The van der Waals surface area contributed by atoms with E-state index in [1.807, 2.05) is 0 Å². The Balaban J connectivity index is 1.73. The molecule has 0 fully saturated rings. The lowest BCUT2D eigenvalue weighted by Crippen LogP contribution is -2.15. The van der Waals surface area contributed by atoms with E-state index in [2.05, 4.69) is 10.0 Å². The predicted molar refractivity (Wildman–Crippen MR) is 114 cm³/mol. The topological polar surface area (TPSA) is 118 Å². The van der Waals surface area contributed by atoms with Crippen LogP contribution >= 0.6 is 11.6 Å². The molecule has 0 aliphatic carbocycles. The zero-order chi connectivity index (χ0) is 21.9. The maximum atomic E-state index is 12.6. The van der Waals surface area contributed by atoms with Gasteiger partial charge in [-0.25, -0.2) is 8.42 Å². The fraction of sp³-hybridized carbons (Fsp3) is 0.0500. The van der Waals surface area contributed by atoms with Crippen LogP contribution in [0.25, 0.3) is 0 Å². The van der Waals surface area contributed by atoms with E-state index in [4.69, 9.17) is 11.6 Å². The number of carbonyl (C=O) groups excluding carboxylic acids is 1. The van der Waals surface area contributed by atoms with Crippen LogP contribution in [0.5, 0.6) is 0 Å². The molecule has 3 aromatic carbocycles. The number of anilines is 2. The van der Waals surface area contributed by atoms with Gasteiger partial charge < -0.3 is 5.32 Å². The molecule has 8 nitrogen and oxygen atoms in total. The van der Waals surface area contributed by atoms with E-state index in [9.17, 15) is 23.3 Å². The molecular formula is C20H16ClN3O5S. The Hall–Kier alpha value is -3.43. The van der Waals surface area contributed by atoms with Gasteiger partial charge in [-0.3, -0.25) is 19.6 Å². The highest BCUT2D eigenvalue weighted by molar-refractivity contribution is 7.92. The van der Waals surface area contributed by atoms with E-state index in [-0.39, 0.29) is 16.1 Å². The van der Waals surface area contributed by atoms with E-state index < -0.39 is 20.9 Å². The molecule has 0 heterocycles. The standard InChI is InChI=1S/C20H16ClN3O5S/c1-13-18(21)3-2-4-19(13)23-30(28,29)17-11-7-15(8-12-17)22-20(25)14-5-9-16(10-6-14)24(26)27/h2-12,23H,1H3,(H,22,25). The summed E-state index contributed by atoms with van der Waals surface area (Å²) in [5.74, 6) is -0.479. The summed E-state index contributed by atoms with van der Waals surface area (Å²) in [6.45, 7) is 1.71. The first-order valence-corrected chi connectivity index (χ1v) is 10.5. The second kappa shape index (κ2) is 8.52. The number of non-ortho nitro benzene ring substituents is 1. The first-order chi connectivity index (χ1) is 14.2. The lowest BCUT2D eigenvalue weighted by atomic mass is 10.2. The lowest BCUT2D eigenvalue weighted by molar-refractivity contribution is -0.384. The molecule has 0 saturated carbocycles. The van der Waals surface area contributed by atoms with Crippen molar-refractivity contribution in [2.24, 2.45) is 0 Å². The van der Waals surface area contributed by atoms with Gasteiger partial charge in [0.05, 0.1) is 15.5 Å². The number of benzene rings is 3. The Morgan fingerprint density at radius 2 is 1.63 bits per heavy atom. The molecule has 0 bridgehead atoms. The Bertz CT molecular complexity index is 1210. The number of hydrogen-bond acceptors (Lipinski definition) is 5. The van der Waals surface area contributed by atoms with E-state index in [1.165, 1.54) is 48.5 Å². The molecule has 0 unspecified atom stereocenters. The molecule has 0 aliphatic heterocycles. The third kappa shape index (κ3) is 4.76. The molecule has 0 aromatic heterocycles. The van der Waals surface area contributed by atoms with Crippen LogP contribution in [0.4, 0.5) is 17.1 Å². The van der Waals surface area contributed by atoms with Crippen molar-refractivity contribution in [3.05, 3.63) is 93.0 Å². The SMILES string of the molecule is Cc1c(Cl)cccc1NS(=O)(=O)c1ccc(NC(=O)c2ccc([N+](=O)[O-])cc2)cc1. The maximum Gasteiger partial charge on any atom is 0.269 e. The van der Waals surface area contributed by atoms with Crippen LogP contribution in [0.1, 0.15) is 15.9 Å². The second-order valence-corrected chi connectivity index (χ2v) is 8.39. The van der Waals surface area contributed by atoms with Crippen LogP contribution in [0, 0.1) is 17.0 Å². The number of nitro groups is 1. The molecule has 3 aromatic rings. The summed E-state index contributed by atoms with van der Waals surface area (Å²) in [4.78, 5) is 22.4. The number of halogens is 1. The minimum Gasteiger partial charge on any atom is -0.322 e. The summed E-state index contributed by atoms with van der Waals surface area (Å²) >= 11 is 6.02. The number of nitro benzene ring substituents is 1.